The van der Waals surface area contributed by atoms with Gasteiger partial charge in [-0.2, -0.15) is 0 Å². The largest absolute Gasteiger partial charge is 0.457 e. The molecule has 5 nitrogen and oxygen atoms in total. The van der Waals surface area contributed by atoms with Gasteiger partial charge in [0.05, 0.1) is 6.10 Å². The number of carbonyl (C=O) groups is 1. The Balaban J connectivity index is 1.56. The summed E-state index contributed by atoms with van der Waals surface area (Å²) in [5.74, 6) is 0.859. The number of halogens is 1. The molecule has 0 saturated carbocycles. The summed E-state index contributed by atoms with van der Waals surface area (Å²) < 4.78 is 23.9. The van der Waals surface area contributed by atoms with E-state index < -0.39 is 0 Å². The van der Waals surface area contributed by atoms with E-state index in [0.717, 1.165) is 19.4 Å². The Morgan fingerprint density at radius 3 is 2.40 bits per heavy atom. The quantitative estimate of drug-likeness (QED) is 0.901. The summed E-state index contributed by atoms with van der Waals surface area (Å²) in [5.41, 5.74) is 0.691. The summed E-state index contributed by atoms with van der Waals surface area (Å²) in [6.45, 7) is 1.34. The average Bonchev–Trinajstić information content (AvgIpc) is 2.65. The number of carbonyl (C=O) groups excluding carboxylic acids is 1. The number of hydrogen-bond donors (Lipinski definition) is 1. The van der Waals surface area contributed by atoms with Gasteiger partial charge in [0.1, 0.15) is 17.3 Å². The third kappa shape index (κ3) is 4.70. The molecule has 0 radical (unpaired) electrons. The van der Waals surface area contributed by atoms with Gasteiger partial charge < -0.3 is 19.7 Å². The first-order valence-electron chi connectivity index (χ1n) is 8.26. The number of ether oxygens (including phenoxy) is 2. The number of nitrogens with one attached hydrogen (secondary N) is 1. The highest BCUT2D eigenvalue weighted by molar-refractivity contribution is 5.89. The zero-order valence-corrected chi connectivity index (χ0v) is 14.1. The molecule has 1 atom stereocenters. The molecule has 132 valence electrons. The van der Waals surface area contributed by atoms with E-state index >= 15 is 0 Å². The van der Waals surface area contributed by atoms with Crippen LogP contribution in [0.25, 0.3) is 0 Å². The molecule has 1 saturated heterocycles. The summed E-state index contributed by atoms with van der Waals surface area (Å²) in [5, 5.41) is 2.88. The first kappa shape index (κ1) is 17.2. The lowest BCUT2D eigenvalue weighted by Crippen LogP contribution is -2.44. The lowest BCUT2D eigenvalue weighted by molar-refractivity contribution is 0.0458. The maximum absolute atomic E-state index is 12.9. The van der Waals surface area contributed by atoms with Crippen LogP contribution in [0.5, 0.6) is 11.5 Å². The summed E-state index contributed by atoms with van der Waals surface area (Å²) >= 11 is 0. The molecule has 0 aromatic heterocycles. The zero-order valence-electron chi connectivity index (χ0n) is 14.1. The van der Waals surface area contributed by atoms with Crippen LogP contribution in [0.4, 0.5) is 14.9 Å². The van der Waals surface area contributed by atoms with E-state index in [1.54, 1.807) is 48.4 Å². The van der Waals surface area contributed by atoms with Crippen molar-refractivity contribution >= 4 is 11.7 Å². The lowest BCUT2D eigenvalue weighted by atomic mass is 10.1. The molecular weight excluding hydrogens is 323 g/mol. The Bertz CT molecular complexity index is 704. The molecule has 0 unspecified atom stereocenters. The number of methoxy groups -OCH3 is 1. The zero-order chi connectivity index (χ0) is 17.6. The fourth-order valence-electron chi connectivity index (χ4n) is 2.76. The lowest BCUT2D eigenvalue weighted by Gasteiger charge is -2.31. The third-order valence-corrected chi connectivity index (χ3v) is 4.15. The smallest absolute Gasteiger partial charge is 0.321 e. The maximum Gasteiger partial charge on any atom is 0.321 e. The number of urea groups is 1. The Morgan fingerprint density at radius 2 is 1.76 bits per heavy atom. The van der Waals surface area contributed by atoms with Gasteiger partial charge in [0, 0.05) is 25.9 Å². The number of benzene rings is 2. The predicted molar refractivity (Wildman–Crippen MR) is 93.5 cm³/mol. The van der Waals surface area contributed by atoms with Crippen LogP contribution in [0.3, 0.4) is 0 Å². The fraction of sp³-hybridized carbons (Fsp3) is 0.316. The molecule has 1 heterocycles. The van der Waals surface area contributed by atoms with Crippen molar-refractivity contribution in [3.63, 3.8) is 0 Å². The van der Waals surface area contributed by atoms with Gasteiger partial charge in [0.15, 0.2) is 0 Å². The van der Waals surface area contributed by atoms with Crippen LogP contribution in [0.15, 0.2) is 48.5 Å². The number of nitrogens with zero attached hydrogens (tertiary/aromatic N) is 1. The number of amides is 2. The SMILES string of the molecule is CO[C@H]1CCCN(C(=O)Nc2ccc(Oc3ccc(F)cc3)cc2)C1. The van der Waals surface area contributed by atoms with E-state index in [1.807, 2.05) is 0 Å². The van der Waals surface area contributed by atoms with Crippen LogP contribution >= 0.6 is 0 Å². The first-order chi connectivity index (χ1) is 12.1. The molecule has 3 rings (SSSR count). The van der Waals surface area contributed by atoms with Gasteiger partial charge in [0.2, 0.25) is 0 Å². The Labute approximate surface area is 146 Å². The van der Waals surface area contributed by atoms with Gasteiger partial charge in [-0.15, -0.1) is 0 Å². The number of likely N-dealkylation sites (tertiary alicyclic amines) is 1. The Hall–Kier alpha value is -2.60. The molecule has 1 N–H and O–H groups in total. The highest BCUT2D eigenvalue weighted by Crippen LogP contribution is 2.23. The minimum atomic E-state index is -0.307. The van der Waals surface area contributed by atoms with Gasteiger partial charge in [-0.05, 0) is 61.4 Å². The minimum absolute atomic E-state index is 0.103. The standard InChI is InChI=1S/C19H21FN2O3/c1-24-18-3-2-12-22(13-18)19(23)21-15-6-10-17(11-7-15)25-16-8-4-14(20)5-9-16/h4-11,18H,2-3,12-13H2,1H3,(H,21,23)/t18-/m0/s1. The second-order valence-corrected chi connectivity index (χ2v) is 5.96. The third-order valence-electron chi connectivity index (χ3n) is 4.15. The topological polar surface area (TPSA) is 50.8 Å². The summed E-state index contributed by atoms with van der Waals surface area (Å²) in [4.78, 5) is 14.1. The fourth-order valence-corrected chi connectivity index (χ4v) is 2.76. The van der Waals surface area contributed by atoms with Crippen LogP contribution < -0.4 is 10.1 Å². The molecule has 2 amide bonds. The van der Waals surface area contributed by atoms with Crippen LogP contribution in [0.1, 0.15) is 12.8 Å². The Morgan fingerprint density at radius 1 is 1.12 bits per heavy atom. The van der Waals surface area contributed by atoms with Crippen molar-refractivity contribution in [2.24, 2.45) is 0 Å². The highest BCUT2D eigenvalue weighted by Gasteiger charge is 2.23. The van der Waals surface area contributed by atoms with Gasteiger partial charge >= 0.3 is 6.03 Å². The van der Waals surface area contributed by atoms with E-state index in [9.17, 15) is 9.18 Å². The molecular formula is C19H21FN2O3. The molecule has 1 aliphatic heterocycles. The van der Waals surface area contributed by atoms with E-state index in [-0.39, 0.29) is 18.0 Å². The van der Waals surface area contributed by atoms with Crippen LogP contribution in [-0.2, 0) is 4.74 Å². The maximum atomic E-state index is 12.9. The molecule has 0 bridgehead atoms. The Kier molecular flexibility index (Phi) is 5.50. The van der Waals surface area contributed by atoms with Crippen LogP contribution in [-0.4, -0.2) is 37.2 Å². The highest BCUT2D eigenvalue weighted by atomic mass is 19.1. The number of piperidine rings is 1. The first-order valence-corrected chi connectivity index (χ1v) is 8.26. The summed E-state index contributed by atoms with van der Waals surface area (Å²) in [6, 6.07) is 12.7. The van der Waals surface area contributed by atoms with Crippen molar-refractivity contribution < 1.29 is 18.7 Å². The van der Waals surface area contributed by atoms with Crippen molar-refractivity contribution in [3.05, 3.63) is 54.3 Å². The van der Waals surface area contributed by atoms with Crippen molar-refractivity contribution in [2.45, 2.75) is 18.9 Å². The molecule has 1 fully saturated rings. The predicted octanol–water partition coefficient (Wildman–Crippen LogP) is 4.26. The summed E-state index contributed by atoms with van der Waals surface area (Å²) in [6.07, 6.45) is 2.03. The number of hydrogen-bond acceptors (Lipinski definition) is 3. The molecule has 2 aromatic carbocycles. The van der Waals surface area contributed by atoms with Gasteiger partial charge in [0.25, 0.3) is 0 Å². The minimum Gasteiger partial charge on any atom is -0.457 e. The second kappa shape index (κ2) is 7.98. The average molecular weight is 344 g/mol. The van der Waals surface area contributed by atoms with Gasteiger partial charge in [-0.25, -0.2) is 9.18 Å². The molecule has 0 spiro atoms. The number of anilines is 1. The van der Waals surface area contributed by atoms with Crippen LogP contribution in [0, 0.1) is 5.82 Å². The van der Waals surface area contributed by atoms with Gasteiger partial charge in [-0.1, -0.05) is 0 Å². The molecule has 0 aliphatic carbocycles. The molecule has 1 aliphatic rings. The van der Waals surface area contributed by atoms with E-state index in [2.05, 4.69) is 5.32 Å². The van der Waals surface area contributed by atoms with Gasteiger partial charge in [-0.3, -0.25) is 0 Å². The van der Waals surface area contributed by atoms with Crippen molar-refractivity contribution in [1.82, 2.24) is 4.90 Å². The molecule has 25 heavy (non-hydrogen) atoms. The van der Waals surface area contributed by atoms with Crippen molar-refractivity contribution in [3.8, 4) is 11.5 Å². The molecule has 2 aromatic rings. The number of rotatable bonds is 4. The van der Waals surface area contributed by atoms with Crippen molar-refractivity contribution in [1.29, 1.82) is 0 Å². The second-order valence-electron chi connectivity index (χ2n) is 5.96. The molecule has 6 heteroatoms. The van der Waals surface area contributed by atoms with E-state index in [1.165, 1.54) is 12.1 Å². The van der Waals surface area contributed by atoms with E-state index in [4.69, 9.17) is 9.47 Å². The van der Waals surface area contributed by atoms with E-state index in [0.29, 0.717) is 23.7 Å². The summed E-state index contributed by atoms with van der Waals surface area (Å²) in [7, 11) is 1.67. The monoisotopic (exact) mass is 344 g/mol. The normalized spacial score (nSPS) is 17.2. The van der Waals surface area contributed by atoms with Crippen molar-refractivity contribution in [2.75, 3.05) is 25.5 Å². The van der Waals surface area contributed by atoms with Crippen LogP contribution in [0.2, 0.25) is 0 Å².